The monoisotopic (exact) mass is 932 g/mol. The molecular weight excluding hydrogens is 849 g/mol. The maximum absolute atomic E-state index is 12.2. The minimum Gasteiger partial charge on any atom is -0.417 e. The Morgan fingerprint density at radius 2 is 0.786 bits per heavy atom. The highest BCUT2D eigenvalue weighted by Gasteiger charge is 2.51. The van der Waals surface area contributed by atoms with Crippen molar-refractivity contribution in [2.24, 2.45) is 0 Å². The Morgan fingerprint density at radius 1 is 0.518 bits per heavy atom. The van der Waals surface area contributed by atoms with Crippen molar-refractivity contribution in [3.05, 3.63) is 25.3 Å². The van der Waals surface area contributed by atoms with Gasteiger partial charge in [-0.3, -0.25) is 9.59 Å². The van der Waals surface area contributed by atoms with Crippen LogP contribution >= 0.6 is 0 Å². The van der Waals surface area contributed by atoms with E-state index in [9.17, 15) is 19.8 Å². The molecule has 0 saturated heterocycles. The molecule has 2 amide bonds. The van der Waals surface area contributed by atoms with Crippen LogP contribution in [0.15, 0.2) is 25.3 Å². The number of aliphatic hydroxyl groups is 3. The van der Waals surface area contributed by atoms with Gasteiger partial charge in [0.2, 0.25) is 11.8 Å². The van der Waals surface area contributed by atoms with Gasteiger partial charge in [0.15, 0.2) is 49.9 Å². The third-order valence-corrected chi connectivity index (χ3v) is 30.7. The van der Waals surface area contributed by atoms with Crippen molar-refractivity contribution < 1.29 is 49.6 Å². The van der Waals surface area contributed by atoms with E-state index in [0.717, 1.165) is 0 Å². The van der Waals surface area contributed by atoms with Gasteiger partial charge < -0.3 is 49.8 Å². The molecule has 0 aromatic heterocycles. The third kappa shape index (κ3) is 29.9. The molecule has 0 radical (unpaired) electrons. The maximum atomic E-state index is 12.2. The molecule has 0 bridgehead atoms. The molecular formula is C35H84N2O11Si8. The number of carbonyl (C=O) groups excluding carboxylic acids is 2. The summed E-state index contributed by atoms with van der Waals surface area (Å²) in [5, 5.41) is 28.1. The molecule has 0 aliphatic heterocycles. The smallest absolute Gasteiger partial charge is 0.417 e. The third-order valence-electron chi connectivity index (χ3n) is 6.58. The van der Waals surface area contributed by atoms with Crippen LogP contribution < -0.4 is 0 Å². The van der Waals surface area contributed by atoms with E-state index in [1.54, 1.807) is 4.90 Å². The van der Waals surface area contributed by atoms with Crippen LogP contribution in [0.25, 0.3) is 0 Å². The number of rotatable bonds is 27. The molecule has 3 N–H and O–H groups in total. The number of aliphatic hydroxyl groups excluding tert-OH is 3. The van der Waals surface area contributed by atoms with E-state index in [1.165, 1.54) is 17.1 Å². The van der Waals surface area contributed by atoms with Crippen LogP contribution in [0.2, 0.25) is 130 Å². The van der Waals surface area contributed by atoms with Crippen molar-refractivity contribution in [2.45, 2.75) is 149 Å². The largest absolute Gasteiger partial charge is 0.469 e. The van der Waals surface area contributed by atoms with Crippen LogP contribution in [0.3, 0.4) is 0 Å². The van der Waals surface area contributed by atoms with Crippen molar-refractivity contribution >= 4 is 79.3 Å². The fourth-order valence-electron chi connectivity index (χ4n) is 5.52. The summed E-state index contributed by atoms with van der Waals surface area (Å²) in [6.07, 6.45) is 2.88. The number of hydrogen-bond donors (Lipinski definition) is 3. The van der Waals surface area contributed by atoms with Gasteiger partial charge in [-0.2, -0.15) is 0 Å². The summed E-state index contributed by atoms with van der Waals surface area (Å²) < 4.78 is 39.8. The molecule has 0 spiro atoms. The zero-order valence-corrected chi connectivity index (χ0v) is 46.7. The van der Waals surface area contributed by atoms with Gasteiger partial charge in [0.05, 0.1) is 19.3 Å². The Labute approximate surface area is 350 Å². The van der Waals surface area contributed by atoms with Crippen LogP contribution in [-0.2, 0) is 34.3 Å². The van der Waals surface area contributed by atoms with Gasteiger partial charge in [0.25, 0.3) is 0 Å². The van der Waals surface area contributed by atoms with E-state index in [0.29, 0.717) is 44.6 Å². The van der Waals surface area contributed by atoms with Crippen molar-refractivity contribution in [1.82, 2.24) is 9.80 Å². The predicted molar refractivity (Wildman–Crippen MR) is 251 cm³/mol. The quantitative estimate of drug-likeness (QED) is 0.0570. The van der Waals surface area contributed by atoms with E-state index < -0.39 is 80.2 Å². The van der Waals surface area contributed by atoms with Crippen molar-refractivity contribution in [3.8, 4) is 0 Å². The van der Waals surface area contributed by atoms with Gasteiger partial charge in [-0.1, -0.05) is 13.2 Å². The summed E-state index contributed by atoms with van der Waals surface area (Å²) in [5.41, 5.74) is 0. The molecule has 56 heavy (non-hydrogen) atoms. The van der Waals surface area contributed by atoms with Gasteiger partial charge in [0, 0.05) is 38.3 Å². The Bertz CT molecular complexity index is 1110. The summed E-state index contributed by atoms with van der Waals surface area (Å²) in [6, 6.07) is 1.29. The SMILES string of the molecule is C=CC(=O)N(CCC[Si](O[Si](C)(C)C)(O[Si](C)(C)C)O[Si](C)(C)C)CC(O)CO.C=CC(=O)N(CCO)CCC[Si](O[Si](C)(C)C)(O[Si](C)(C)C)O[Si](C)(C)C. The van der Waals surface area contributed by atoms with Crippen LogP contribution in [0.4, 0.5) is 0 Å². The molecule has 0 aliphatic carbocycles. The first-order valence-electron chi connectivity index (χ1n) is 19.9. The van der Waals surface area contributed by atoms with Crippen molar-refractivity contribution in [2.75, 3.05) is 39.4 Å². The highest BCUT2D eigenvalue weighted by atomic mass is 28.5. The molecule has 0 aromatic carbocycles. The second-order valence-corrected chi connectivity index (χ2v) is 53.9. The molecule has 1 unspecified atom stereocenters. The summed E-state index contributed by atoms with van der Waals surface area (Å²) in [4.78, 5) is 27.3. The zero-order valence-electron chi connectivity index (χ0n) is 38.7. The molecule has 0 fully saturated rings. The average molecular weight is 934 g/mol. The lowest BCUT2D eigenvalue weighted by Gasteiger charge is -2.43. The van der Waals surface area contributed by atoms with Crippen LogP contribution in [0.1, 0.15) is 12.8 Å². The number of amides is 2. The normalized spacial score (nSPS) is 14.1. The zero-order chi connectivity index (χ0) is 44.6. The fourth-order valence-corrected chi connectivity index (χ4v) is 34.8. The molecule has 13 nitrogen and oxygen atoms in total. The van der Waals surface area contributed by atoms with Gasteiger partial charge in [-0.05, 0) is 143 Å². The molecule has 0 heterocycles. The van der Waals surface area contributed by atoms with Gasteiger partial charge >= 0.3 is 17.6 Å². The maximum Gasteiger partial charge on any atom is 0.469 e. The van der Waals surface area contributed by atoms with Gasteiger partial charge in [-0.15, -0.1) is 0 Å². The summed E-state index contributed by atoms with van der Waals surface area (Å²) in [7, 11) is -17.3. The Morgan fingerprint density at radius 3 is 1.02 bits per heavy atom. The first kappa shape index (κ1) is 57.9. The Balaban J connectivity index is 0. The summed E-state index contributed by atoms with van der Waals surface area (Å²) >= 11 is 0. The van der Waals surface area contributed by atoms with Crippen LogP contribution in [0, 0.1) is 0 Å². The van der Waals surface area contributed by atoms with Crippen LogP contribution in [-0.4, -0.2) is 150 Å². The lowest BCUT2D eigenvalue weighted by Crippen LogP contribution is -2.60. The van der Waals surface area contributed by atoms with E-state index in [2.05, 4.69) is 131 Å². The van der Waals surface area contributed by atoms with E-state index in [1.807, 2.05) is 0 Å². The average Bonchev–Trinajstić information content (AvgIpc) is 2.93. The van der Waals surface area contributed by atoms with Gasteiger partial charge in [-0.25, -0.2) is 0 Å². The predicted octanol–water partition coefficient (Wildman–Crippen LogP) is 7.11. The fraction of sp³-hybridized carbons (Fsp3) is 0.829. The molecule has 0 rings (SSSR count). The number of hydrogen-bond acceptors (Lipinski definition) is 11. The molecule has 332 valence electrons. The minimum atomic E-state index is -2.95. The second kappa shape index (κ2) is 24.3. The van der Waals surface area contributed by atoms with E-state index >= 15 is 0 Å². The molecule has 1 atom stereocenters. The van der Waals surface area contributed by atoms with E-state index in [-0.39, 0.29) is 25.0 Å². The topological polar surface area (TPSA) is 157 Å². The van der Waals surface area contributed by atoms with Crippen molar-refractivity contribution in [3.63, 3.8) is 0 Å². The number of carbonyl (C=O) groups is 2. The molecule has 0 aliphatic rings. The molecule has 21 heteroatoms. The highest BCUT2D eigenvalue weighted by molar-refractivity contribution is 6.91. The molecule has 0 saturated carbocycles. The first-order chi connectivity index (χ1) is 24.9. The second-order valence-electron chi connectivity index (χ2n) is 19.9. The Kier molecular flexibility index (Phi) is 25.1. The lowest BCUT2D eigenvalue weighted by molar-refractivity contribution is -0.128. The first-order valence-corrected chi connectivity index (χ1v) is 44.2. The standard InChI is InChI=1S/C18H43NO6Si4.C17H41NO5Si4/c1-11-18(22)19(15-17(21)16-20)13-12-14-29(23-26(2,3)4,24-27(5,6)7)25-28(8,9)10;1-11-17(20)18(14-15-19)13-12-16-27(21-24(2,3)4,22-25(5,6)7)23-26(8,9)10/h11,17,20-21H,1,12-16H2,2-10H3;11,19H,1,12-16H2,2-10H3. The number of nitrogens with zero attached hydrogens (tertiary/aromatic N) is 2. The lowest BCUT2D eigenvalue weighted by atomic mass is 10.3. The molecule has 0 aromatic rings. The van der Waals surface area contributed by atoms with Gasteiger partial charge in [0.1, 0.15) is 0 Å². The summed E-state index contributed by atoms with van der Waals surface area (Å²) in [5.74, 6) is -0.437. The minimum absolute atomic E-state index is 0.0640. The summed E-state index contributed by atoms with van der Waals surface area (Å²) in [6.45, 7) is 46.6. The van der Waals surface area contributed by atoms with E-state index in [4.69, 9.17) is 29.8 Å². The highest BCUT2D eigenvalue weighted by Crippen LogP contribution is 2.31. The van der Waals surface area contributed by atoms with Crippen LogP contribution in [0.5, 0.6) is 0 Å². The van der Waals surface area contributed by atoms with Crippen molar-refractivity contribution in [1.29, 1.82) is 0 Å². The Hall–Kier alpha value is -0.205.